The molecule has 130 valence electrons. The zero-order valence-electron chi connectivity index (χ0n) is 14.4. The fourth-order valence-electron chi connectivity index (χ4n) is 3.16. The molecular formula is C19H22N4OS. The van der Waals surface area contributed by atoms with Crippen LogP contribution in [-0.2, 0) is 12.8 Å². The number of aromatic nitrogens is 3. The van der Waals surface area contributed by atoms with Crippen LogP contribution in [0.3, 0.4) is 0 Å². The lowest BCUT2D eigenvalue weighted by Gasteiger charge is -2.14. The van der Waals surface area contributed by atoms with Crippen molar-refractivity contribution in [3.05, 3.63) is 35.0 Å². The lowest BCUT2D eigenvalue weighted by Crippen LogP contribution is -2.27. The van der Waals surface area contributed by atoms with E-state index in [1.54, 1.807) is 23.7 Å². The second kappa shape index (κ2) is 7.06. The van der Waals surface area contributed by atoms with Crippen molar-refractivity contribution in [3.63, 3.8) is 0 Å². The number of hydrogen-bond acceptors (Lipinski definition) is 6. The van der Waals surface area contributed by atoms with Crippen LogP contribution in [0.4, 0.5) is 0 Å². The molecule has 6 heteroatoms. The van der Waals surface area contributed by atoms with Crippen LogP contribution in [0.2, 0.25) is 0 Å². The summed E-state index contributed by atoms with van der Waals surface area (Å²) < 4.78 is 6.07. The molecule has 0 amide bonds. The highest BCUT2D eigenvalue weighted by Crippen LogP contribution is 2.40. The predicted octanol–water partition coefficient (Wildman–Crippen LogP) is 3.75. The van der Waals surface area contributed by atoms with Crippen molar-refractivity contribution >= 4 is 21.6 Å². The maximum absolute atomic E-state index is 6.07. The van der Waals surface area contributed by atoms with Crippen LogP contribution in [0.25, 0.3) is 21.6 Å². The number of fused-ring (bicyclic) bond motifs is 3. The number of nitrogens with zero attached hydrogens (tertiary/aromatic N) is 3. The smallest absolute Gasteiger partial charge is 0.226 e. The normalized spacial score (nSPS) is 15.1. The molecule has 3 heterocycles. The summed E-state index contributed by atoms with van der Waals surface area (Å²) in [6.45, 7) is 2.54. The number of nitrogens with two attached hydrogens (primary N) is 1. The zero-order chi connectivity index (χ0) is 17.2. The van der Waals surface area contributed by atoms with Crippen molar-refractivity contribution < 1.29 is 4.74 Å². The Bertz CT molecular complexity index is 878. The molecule has 2 N–H and O–H groups in total. The van der Waals surface area contributed by atoms with Gasteiger partial charge in [0.25, 0.3) is 0 Å². The topological polar surface area (TPSA) is 73.9 Å². The fourth-order valence-corrected chi connectivity index (χ4v) is 4.41. The minimum absolute atomic E-state index is 0.0175. The van der Waals surface area contributed by atoms with E-state index < -0.39 is 0 Å². The van der Waals surface area contributed by atoms with Gasteiger partial charge in [-0.1, -0.05) is 6.92 Å². The van der Waals surface area contributed by atoms with Gasteiger partial charge in [-0.15, -0.1) is 11.3 Å². The standard InChI is InChI=1S/C19H22N4OS/c1-2-13(20)11-24-18-16-14-5-3-4-6-15(14)25-19(16)23-17(22-18)12-7-9-21-10-8-12/h7-10,13H,2-6,11,20H2,1H3/t13-/m0/s1. The molecular weight excluding hydrogens is 332 g/mol. The average molecular weight is 354 g/mol. The Labute approximate surface area is 151 Å². The molecule has 0 bridgehead atoms. The molecule has 0 unspecified atom stereocenters. The summed E-state index contributed by atoms with van der Waals surface area (Å²) in [7, 11) is 0. The number of ether oxygens (including phenoxy) is 1. The molecule has 0 aromatic carbocycles. The Morgan fingerprint density at radius 3 is 2.80 bits per heavy atom. The number of hydrogen-bond donors (Lipinski definition) is 1. The van der Waals surface area contributed by atoms with Crippen LogP contribution in [0.1, 0.15) is 36.6 Å². The van der Waals surface area contributed by atoms with Crippen molar-refractivity contribution in [2.24, 2.45) is 5.73 Å². The Balaban J connectivity index is 1.83. The largest absolute Gasteiger partial charge is 0.475 e. The van der Waals surface area contributed by atoms with Crippen LogP contribution in [0, 0.1) is 0 Å². The first-order valence-electron chi connectivity index (χ1n) is 8.87. The van der Waals surface area contributed by atoms with E-state index in [1.165, 1.54) is 23.3 Å². The minimum Gasteiger partial charge on any atom is -0.475 e. The van der Waals surface area contributed by atoms with Crippen molar-refractivity contribution in [1.82, 2.24) is 15.0 Å². The van der Waals surface area contributed by atoms with Crippen LogP contribution >= 0.6 is 11.3 Å². The predicted molar refractivity (Wildman–Crippen MR) is 101 cm³/mol. The maximum Gasteiger partial charge on any atom is 0.226 e. The molecule has 1 aliphatic carbocycles. The molecule has 3 aromatic rings. The van der Waals surface area contributed by atoms with Gasteiger partial charge >= 0.3 is 0 Å². The molecule has 0 spiro atoms. The second-order valence-electron chi connectivity index (χ2n) is 6.46. The molecule has 0 saturated carbocycles. The van der Waals surface area contributed by atoms with Gasteiger partial charge < -0.3 is 10.5 Å². The summed E-state index contributed by atoms with van der Waals surface area (Å²) >= 11 is 1.78. The molecule has 1 atom stereocenters. The van der Waals surface area contributed by atoms with Crippen LogP contribution < -0.4 is 10.5 Å². The van der Waals surface area contributed by atoms with Gasteiger partial charge in [0.15, 0.2) is 5.82 Å². The molecule has 1 aliphatic rings. The van der Waals surface area contributed by atoms with Gasteiger partial charge in [0, 0.05) is 28.9 Å². The van der Waals surface area contributed by atoms with E-state index in [2.05, 4.69) is 11.9 Å². The Morgan fingerprint density at radius 1 is 1.20 bits per heavy atom. The van der Waals surface area contributed by atoms with Gasteiger partial charge in [-0.05, 0) is 49.8 Å². The summed E-state index contributed by atoms with van der Waals surface area (Å²) in [6, 6.07) is 3.87. The zero-order valence-corrected chi connectivity index (χ0v) is 15.2. The number of rotatable bonds is 5. The van der Waals surface area contributed by atoms with Crippen molar-refractivity contribution in [1.29, 1.82) is 0 Å². The Kier molecular flexibility index (Phi) is 4.63. The van der Waals surface area contributed by atoms with Crippen LogP contribution in [0.15, 0.2) is 24.5 Å². The summed E-state index contributed by atoms with van der Waals surface area (Å²) in [5, 5.41) is 1.10. The second-order valence-corrected chi connectivity index (χ2v) is 7.54. The summed E-state index contributed by atoms with van der Waals surface area (Å²) in [6.07, 6.45) is 9.09. The van der Waals surface area contributed by atoms with E-state index >= 15 is 0 Å². The number of pyridine rings is 1. The molecule has 25 heavy (non-hydrogen) atoms. The summed E-state index contributed by atoms with van der Waals surface area (Å²) in [5.41, 5.74) is 8.39. The van der Waals surface area contributed by atoms with E-state index in [0.29, 0.717) is 18.3 Å². The third-order valence-corrected chi connectivity index (χ3v) is 5.86. The van der Waals surface area contributed by atoms with E-state index in [-0.39, 0.29) is 6.04 Å². The molecule has 0 aliphatic heterocycles. The Morgan fingerprint density at radius 2 is 2.00 bits per heavy atom. The monoisotopic (exact) mass is 354 g/mol. The molecule has 4 rings (SSSR count). The summed E-state index contributed by atoms with van der Waals surface area (Å²) in [4.78, 5) is 16.1. The van der Waals surface area contributed by atoms with Crippen molar-refractivity contribution in [2.45, 2.75) is 45.1 Å². The van der Waals surface area contributed by atoms with Crippen LogP contribution in [-0.4, -0.2) is 27.6 Å². The van der Waals surface area contributed by atoms with Gasteiger partial charge in [-0.3, -0.25) is 4.98 Å². The molecule has 0 fully saturated rings. The first kappa shape index (κ1) is 16.4. The van der Waals surface area contributed by atoms with Gasteiger partial charge in [0.05, 0.1) is 5.39 Å². The van der Waals surface area contributed by atoms with Crippen molar-refractivity contribution in [3.8, 4) is 17.3 Å². The first-order chi connectivity index (χ1) is 12.3. The molecule has 3 aromatic heterocycles. The van der Waals surface area contributed by atoms with Crippen LogP contribution in [0.5, 0.6) is 5.88 Å². The van der Waals surface area contributed by atoms with E-state index in [9.17, 15) is 0 Å². The van der Waals surface area contributed by atoms with Gasteiger partial charge in [0.1, 0.15) is 11.4 Å². The molecule has 0 radical (unpaired) electrons. The van der Waals surface area contributed by atoms with E-state index in [1.807, 2.05) is 12.1 Å². The highest BCUT2D eigenvalue weighted by Gasteiger charge is 2.22. The highest BCUT2D eigenvalue weighted by molar-refractivity contribution is 7.18. The fraction of sp³-hybridized carbons (Fsp3) is 0.421. The number of thiophene rings is 1. The van der Waals surface area contributed by atoms with E-state index in [4.69, 9.17) is 20.4 Å². The summed E-state index contributed by atoms with van der Waals surface area (Å²) in [5.74, 6) is 1.37. The quantitative estimate of drug-likeness (QED) is 0.755. The minimum atomic E-state index is 0.0175. The molecule has 5 nitrogen and oxygen atoms in total. The van der Waals surface area contributed by atoms with Gasteiger partial charge in [-0.25, -0.2) is 4.98 Å². The van der Waals surface area contributed by atoms with Gasteiger partial charge in [0.2, 0.25) is 5.88 Å². The number of aryl methyl sites for hydroxylation is 2. The Hall–Kier alpha value is -2.05. The third-order valence-electron chi connectivity index (χ3n) is 4.68. The third kappa shape index (κ3) is 3.24. The maximum atomic E-state index is 6.07. The lowest BCUT2D eigenvalue weighted by molar-refractivity contribution is 0.278. The van der Waals surface area contributed by atoms with Gasteiger partial charge in [-0.2, -0.15) is 4.98 Å². The SMILES string of the molecule is CC[C@H](N)COc1nc(-c2ccncc2)nc2sc3c(c12)CCCC3. The highest BCUT2D eigenvalue weighted by atomic mass is 32.1. The molecule has 0 saturated heterocycles. The first-order valence-corrected chi connectivity index (χ1v) is 9.69. The lowest BCUT2D eigenvalue weighted by atomic mass is 9.97. The van der Waals surface area contributed by atoms with E-state index in [0.717, 1.165) is 35.0 Å². The van der Waals surface area contributed by atoms with Crippen molar-refractivity contribution in [2.75, 3.05) is 6.61 Å². The average Bonchev–Trinajstić information content (AvgIpc) is 3.05.